The van der Waals surface area contributed by atoms with Crippen LogP contribution in [-0.2, 0) is 4.79 Å². The smallest absolute Gasteiger partial charge is 0.328 e. The lowest BCUT2D eigenvalue weighted by Crippen LogP contribution is -2.35. The van der Waals surface area contributed by atoms with Crippen LogP contribution in [0.1, 0.15) is 32.3 Å². The van der Waals surface area contributed by atoms with Crippen molar-refractivity contribution in [3.05, 3.63) is 35.9 Å². The molecule has 0 bridgehead atoms. The fraction of sp³-hybridized carbons (Fsp3) is 0.471. The topological polar surface area (TPSA) is 40.5 Å². The van der Waals surface area contributed by atoms with Crippen LogP contribution in [-0.4, -0.2) is 24.2 Å². The second-order valence-corrected chi connectivity index (χ2v) is 5.80. The van der Waals surface area contributed by atoms with Crippen molar-refractivity contribution in [3.63, 3.8) is 0 Å². The Balaban J connectivity index is 2.12. The molecule has 0 amide bonds. The maximum absolute atomic E-state index is 10.7. The number of rotatable bonds is 4. The lowest BCUT2D eigenvalue weighted by molar-refractivity contribution is -0.131. The average Bonchev–Trinajstić information content (AvgIpc) is 2.45. The van der Waals surface area contributed by atoms with Crippen molar-refractivity contribution < 1.29 is 9.90 Å². The number of hydrogen-bond acceptors (Lipinski definition) is 2. The van der Waals surface area contributed by atoms with Crippen LogP contribution in [0.15, 0.2) is 30.3 Å². The summed E-state index contributed by atoms with van der Waals surface area (Å²) in [5.41, 5.74) is 2.13. The molecule has 0 saturated carbocycles. The van der Waals surface area contributed by atoms with Crippen LogP contribution in [0.3, 0.4) is 0 Å². The molecule has 0 atom stereocenters. The SMILES string of the molecule is CC(C)C1CCN(c2ccccc2/C=C/C(=O)O)CC1. The van der Waals surface area contributed by atoms with Gasteiger partial charge in [-0.15, -0.1) is 0 Å². The lowest BCUT2D eigenvalue weighted by Gasteiger charge is -2.36. The largest absolute Gasteiger partial charge is 0.478 e. The Hall–Kier alpha value is -1.77. The van der Waals surface area contributed by atoms with Crippen molar-refractivity contribution in [2.24, 2.45) is 11.8 Å². The number of benzene rings is 1. The fourth-order valence-electron chi connectivity index (χ4n) is 2.88. The number of carbonyl (C=O) groups is 1. The zero-order chi connectivity index (χ0) is 14.5. The third kappa shape index (κ3) is 3.62. The molecule has 1 aliphatic heterocycles. The Morgan fingerprint density at radius 2 is 1.95 bits per heavy atom. The van der Waals surface area contributed by atoms with Crippen LogP contribution < -0.4 is 4.90 Å². The highest BCUT2D eigenvalue weighted by Crippen LogP contribution is 2.30. The van der Waals surface area contributed by atoms with E-state index in [1.165, 1.54) is 18.9 Å². The van der Waals surface area contributed by atoms with E-state index in [2.05, 4.69) is 24.8 Å². The van der Waals surface area contributed by atoms with Crippen LogP contribution >= 0.6 is 0 Å². The summed E-state index contributed by atoms with van der Waals surface area (Å²) in [5, 5.41) is 8.77. The normalized spacial score (nSPS) is 17.1. The number of carboxylic acids is 1. The highest BCUT2D eigenvalue weighted by Gasteiger charge is 2.22. The van der Waals surface area contributed by atoms with Crippen LogP contribution in [0.2, 0.25) is 0 Å². The molecule has 1 aliphatic rings. The summed E-state index contributed by atoms with van der Waals surface area (Å²) in [5.74, 6) is 0.658. The number of nitrogens with zero attached hydrogens (tertiary/aromatic N) is 1. The molecule has 2 rings (SSSR count). The minimum absolute atomic E-state index is 0.749. The Morgan fingerprint density at radius 1 is 1.30 bits per heavy atom. The van der Waals surface area contributed by atoms with E-state index in [4.69, 9.17) is 5.11 Å². The number of para-hydroxylation sites is 1. The van der Waals surface area contributed by atoms with E-state index in [0.29, 0.717) is 0 Å². The average molecular weight is 273 g/mol. The quantitative estimate of drug-likeness (QED) is 0.851. The van der Waals surface area contributed by atoms with Crippen molar-refractivity contribution in [3.8, 4) is 0 Å². The molecule has 1 heterocycles. The first kappa shape index (κ1) is 14.6. The minimum atomic E-state index is -0.904. The third-order valence-corrected chi connectivity index (χ3v) is 4.17. The molecule has 0 spiro atoms. The van der Waals surface area contributed by atoms with E-state index in [9.17, 15) is 4.79 Å². The van der Waals surface area contributed by atoms with E-state index in [0.717, 1.165) is 36.2 Å². The summed E-state index contributed by atoms with van der Waals surface area (Å²) in [6.45, 7) is 6.70. The van der Waals surface area contributed by atoms with Crippen molar-refractivity contribution in [2.75, 3.05) is 18.0 Å². The third-order valence-electron chi connectivity index (χ3n) is 4.17. The maximum Gasteiger partial charge on any atom is 0.328 e. The van der Waals surface area contributed by atoms with Gasteiger partial charge in [-0.2, -0.15) is 0 Å². The van der Waals surface area contributed by atoms with Gasteiger partial charge in [0.25, 0.3) is 0 Å². The molecule has 1 aromatic carbocycles. The van der Waals surface area contributed by atoms with Crippen molar-refractivity contribution >= 4 is 17.7 Å². The second kappa shape index (κ2) is 6.60. The standard InChI is InChI=1S/C17H23NO2/c1-13(2)14-9-11-18(12-10-14)16-6-4-3-5-15(16)7-8-17(19)20/h3-8,13-14H,9-12H2,1-2H3,(H,19,20)/b8-7+. The first-order chi connectivity index (χ1) is 9.58. The van der Waals surface area contributed by atoms with E-state index >= 15 is 0 Å². The van der Waals surface area contributed by atoms with E-state index in [1.54, 1.807) is 6.08 Å². The number of carboxylic acid groups (broad SMARTS) is 1. The van der Waals surface area contributed by atoms with Gasteiger partial charge in [0.15, 0.2) is 0 Å². The van der Waals surface area contributed by atoms with Crippen molar-refractivity contribution in [1.29, 1.82) is 0 Å². The molecule has 0 aromatic heterocycles. The van der Waals surface area contributed by atoms with Gasteiger partial charge in [0.05, 0.1) is 0 Å². The van der Waals surface area contributed by atoms with E-state index in [-0.39, 0.29) is 0 Å². The minimum Gasteiger partial charge on any atom is -0.478 e. The molecule has 108 valence electrons. The number of anilines is 1. The number of aliphatic carboxylic acids is 1. The van der Waals surface area contributed by atoms with Crippen LogP contribution in [0.4, 0.5) is 5.69 Å². The Labute approximate surface area is 120 Å². The molecule has 0 aliphatic carbocycles. The molecule has 0 radical (unpaired) electrons. The monoisotopic (exact) mass is 273 g/mol. The molecule has 3 heteroatoms. The summed E-state index contributed by atoms with van der Waals surface area (Å²) in [7, 11) is 0. The first-order valence-corrected chi connectivity index (χ1v) is 7.33. The molecule has 20 heavy (non-hydrogen) atoms. The molecular formula is C17H23NO2. The Kier molecular flexibility index (Phi) is 4.83. The molecule has 1 saturated heterocycles. The van der Waals surface area contributed by atoms with Gasteiger partial charge in [-0.3, -0.25) is 0 Å². The van der Waals surface area contributed by atoms with E-state index in [1.807, 2.05) is 18.2 Å². The zero-order valence-electron chi connectivity index (χ0n) is 12.2. The second-order valence-electron chi connectivity index (χ2n) is 5.80. The molecule has 1 fully saturated rings. The van der Waals surface area contributed by atoms with Gasteiger partial charge >= 0.3 is 5.97 Å². The lowest BCUT2D eigenvalue weighted by atomic mass is 9.86. The molecule has 0 unspecified atom stereocenters. The summed E-state index contributed by atoms with van der Waals surface area (Å²) in [4.78, 5) is 13.1. The van der Waals surface area contributed by atoms with Gasteiger partial charge in [-0.1, -0.05) is 32.0 Å². The van der Waals surface area contributed by atoms with E-state index < -0.39 is 5.97 Å². The summed E-state index contributed by atoms with van der Waals surface area (Å²) >= 11 is 0. The van der Waals surface area contributed by atoms with Gasteiger partial charge in [-0.05, 0) is 42.4 Å². The van der Waals surface area contributed by atoms with Crippen molar-refractivity contribution in [1.82, 2.24) is 0 Å². The Bertz CT molecular complexity index is 486. The highest BCUT2D eigenvalue weighted by molar-refractivity contribution is 5.87. The summed E-state index contributed by atoms with van der Waals surface area (Å²) < 4.78 is 0. The van der Waals surface area contributed by atoms with Crippen molar-refractivity contribution in [2.45, 2.75) is 26.7 Å². The first-order valence-electron chi connectivity index (χ1n) is 7.33. The predicted octanol–water partition coefficient (Wildman–Crippen LogP) is 3.66. The number of piperidine rings is 1. The Morgan fingerprint density at radius 3 is 2.55 bits per heavy atom. The van der Waals surface area contributed by atoms with Crippen LogP contribution in [0, 0.1) is 11.8 Å². The highest BCUT2D eigenvalue weighted by atomic mass is 16.4. The summed E-state index contributed by atoms with van der Waals surface area (Å²) in [6, 6.07) is 8.02. The van der Waals surface area contributed by atoms with Crippen LogP contribution in [0.5, 0.6) is 0 Å². The summed E-state index contributed by atoms with van der Waals surface area (Å²) in [6.07, 6.45) is 5.33. The van der Waals surface area contributed by atoms with Gasteiger partial charge in [-0.25, -0.2) is 4.79 Å². The molecular weight excluding hydrogens is 250 g/mol. The van der Waals surface area contributed by atoms with Gasteiger partial charge in [0.2, 0.25) is 0 Å². The maximum atomic E-state index is 10.7. The molecule has 1 aromatic rings. The zero-order valence-corrected chi connectivity index (χ0v) is 12.2. The van der Waals surface area contributed by atoms with Gasteiger partial charge in [0.1, 0.15) is 0 Å². The van der Waals surface area contributed by atoms with Crippen LogP contribution in [0.25, 0.3) is 6.08 Å². The van der Waals surface area contributed by atoms with Gasteiger partial charge < -0.3 is 10.0 Å². The fourth-order valence-corrected chi connectivity index (χ4v) is 2.88. The number of hydrogen-bond donors (Lipinski definition) is 1. The molecule has 1 N–H and O–H groups in total. The predicted molar refractivity (Wildman–Crippen MR) is 82.9 cm³/mol. The van der Waals surface area contributed by atoms with Gasteiger partial charge in [0, 0.05) is 24.9 Å². The molecule has 3 nitrogen and oxygen atoms in total.